The first-order valence-corrected chi connectivity index (χ1v) is 8.52. The molecule has 22 heavy (non-hydrogen) atoms. The molecule has 0 aliphatic carbocycles. The molecule has 5 heteroatoms. The molecule has 0 heterocycles. The van der Waals surface area contributed by atoms with Crippen LogP contribution < -0.4 is 10.0 Å². The summed E-state index contributed by atoms with van der Waals surface area (Å²) in [6.07, 6.45) is 0.251. The van der Waals surface area contributed by atoms with Gasteiger partial charge in [-0.2, -0.15) is 0 Å². The quantitative estimate of drug-likeness (QED) is 0.784. The number of carbonyl (C=O) groups is 1. The highest BCUT2D eigenvalue weighted by Crippen LogP contribution is 1.99. The Balaban J connectivity index is 1.62. The van der Waals surface area contributed by atoms with Gasteiger partial charge in [-0.1, -0.05) is 60.7 Å². The second-order valence-corrected chi connectivity index (χ2v) is 6.26. The molecule has 0 fully saturated rings. The summed E-state index contributed by atoms with van der Waals surface area (Å²) >= 11 is 0. The average Bonchev–Trinajstić information content (AvgIpc) is 2.58. The normalized spacial score (nSPS) is 11.8. The number of hydrogen-bond donors (Lipinski definition) is 2. The van der Waals surface area contributed by atoms with Gasteiger partial charge in [-0.3, -0.25) is 4.79 Å². The van der Waals surface area contributed by atoms with Gasteiger partial charge in [-0.15, -0.1) is 0 Å². The van der Waals surface area contributed by atoms with Crippen LogP contribution >= 0.6 is 0 Å². The molecule has 0 saturated carbocycles. The van der Waals surface area contributed by atoms with Crippen molar-refractivity contribution in [3.05, 3.63) is 71.8 Å². The second kappa shape index (κ2) is 9.12. The molecule has 0 bridgehead atoms. The molecular formula is C17H20N2O2S. The van der Waals surface area contributed by atoms with Gasteiger partial charge in [0.25, 0.3) is 0 Å². The number of hydrogen-bond acceptors (Lipinski definition) is 2. The third kappa shape index (κ3) is 6.20. The zero-order valence-corrected chi connectivity index (χ0v) is 13.1. The van der Waals surface area contributed by atoms with Gasteiger partial charge in [0.1, 0.15) is 0 Å². The van der Waals surface area contributed by atoms with Gasteiger partial charge in [-0.05, 0) is 11.1 Å². The van der Waals surface area contributed by atoms with Crippen molar-refractivity contribution >= 4 is 16.9 Å². The summed E-state index contributed by atoms with van der Waals surface area (Å²) in [4.78, 5) is 11.7. The first kappa shape index (κ1) is 16.4. The zero-order chi connectivity index (χ0) is 15.6. The summed E-state index contributed by atoms with van der Waals surface area (Å²) in [6, 6.07) is 19.5. The molecule has 0 radical (unpaired) electrons. The maximum absolute atomic E-state index is 11.8. The van der Waals surface area contributed by atoms with E-state index >= 15 is 0 Å². The van der Waals surface area contributed by atoms with E-state index in [1.54, 1.807) is 0 Å². The largest absolute Gasteiger partial charge is 0.352 e. The maximum Gasteiger partial charge on any atom is 0.221 e. The van der Waals surface area contributed by atoms with Gasteiger partial charge in [0, 0.05) is 25.3 Å². The van der Waals surface area contributed by atoms with Gasteiger partial charge >= 0.3 is 0 Å². The van der Waals surface area contributed by atoms with E-state index < -0.39 is 11.0 Å². The third-order valence-corrected chi connectivity index (χ3v) is 4.17. The molecule has 2 aromatic carbocycles. The van der Waals surface area contributed by atoms with Crippen molar-refractivity contribution < 1.29 is 9.00 Å². The SMILES string of the molecule is O=C(CC[S@@](=O)NCc1ccccc1)NCc1ccccc1. The van der Waals surface area contributed by atoms with Crippen LogP contribution in [-0.2, 0) is 28.9 Å². The molecule has 116 valence electrons. The Bertz CT molecular complexity index is 547. The molecule has 2 N–H and O–H groups in total. The third-order valence-electron chi connectivity index (χ3n) is 3.13. The Kier molecular flexibility index (Phi) is 6.80. The summed E-state index contributed by atoms with van der Waals surface area (Å²) in [7, 11) is -1.20. The molecule has 0 unspecified atom stereocenters. The van der Waals surface area contributed by atoms with E-state index in [2.05, 4.69) is 10.0 Å². The molecule has 0 spiro atoms. The highest BCUT2D eigenvalue weighted by atomic mass is 32.2. The topological polar surface area (TPSA) is 58.2 Å². The van der Waals surface area contributed by atoms with Gasteiger partial charge in [-0.25, -0.2) is 8.93 Å². The minimum atomic E-state index is -1.20. The van der Waals surface area contributed by atoms with E-state index in [-0.39, 0.29) is 12.3 Å². The average molecular weight is 316 g/mol. The lowest BCUT2D eigenvalue weighted by atomic mass is 10.2. The number of carbonyl (C=O) groups excluding carboxylic acids is 1. The molecule has 0 aromatic heterocycles. The summed E-state index contributed by atoms with van der Waals surface area (Å²) in [6.45, 7) is 1.04. The number of amides is 1. The summed E-state index contributed by atoms with van der Waals surface area (Å²) in [5, 5.41) is 2.83. The van der Waals surface area contributed by atoms with E-state index in [0.717, 1.165) is 11.1 Å². The Labute approximate surface area is 133 Å². The van der Waals surface area contributed by atoms with Gasteiger partial charge < -0.3 is 5.32 Å². The molecule has 2 aromatic rings. The van der Waals surface area contributed by atoms with Crippen LogP contribution in [0.2, 0.25) is 0 Å². The van der Waals surface area contributed by atoms with Gasteiger partial charge in [0.15, 0.2) is 0 Å². The van der Waals surface area contributed by atoms with Crippen molar-refractivity contribution in [2.75, 3.05) is 5.75 Å². The lowest BCUT2D eigenvalue weighted by molar-refractivity contribution is -0.120. The van der Waals surface area contributed by atoms with Crippen LogP contribution in [-0.4, -0.2) is 15.9 Å². The molecule has 0 aliphatic heterocycles. The minimum absolute atomic E-state index is 0.0845. The first-order valence-electron chi connectivity index (χ1n) is 7.20. The van der Waals surface area contributed by atoms with Crippen molar-refractivity contribution in [2.45, 2.75) is 19.5 Å². The van der Waals surface area contributed by atoms with Crippen LogP contribution in [0.5, 0.6) is 0 Å². The van der Waals surface area contributed by atoms with Crippen molar-refractivity contribution in [3.8, 4) is 0 Å². The van der Waals surface area contributed by atoms with Crippen LogP contribution in [0.25, 0.3) is 0 Å². The first-order chi connectivity index (χ1) is 10.7. The van der Waals surface area contributed by atoms with Crippen LogP contribution in [0, 0.1) is 0 Å². The smallest absolute Gasteiger partial charge is 0.221 e. The van der Waals surface area contributed by atoms with Crippen molar-refractivity contribution in [3.63, 3.8) is 0 Å². The van der Waals surface area contributed by atoms with Crippen LogP contribution in [0.15, 0.2) is 60.7 Å². The van der Waals surface area contributed by atoms with Gasteiger partial charge in [0.05, 0.1) is 11.0 Å². The predicted molar refractivity (Wildman–Crippen MR) is 89.2 cm³/mol. The van der Waals surface area contributed by atoms with E-state index in [4.69, 9.17) is 0 Å². The summed E-state index contributed by atoms with van der Waals surface area (Å²) in [5.74, 6) is 0.228. The molecule has 0 saturated heterocycles. The van der Waals surface area contributed by atoms with Crippen molar-refractivity contribution in [2.24, 2.45) is 0 Å². The summed E-state index contributed by atoms with van der Waals surface area (Å²) < 4.78 is 14.7. The molecule has 2 rings (SSSR count). The summed E-state index contributed by atoms with van der Waals surface area (Å²) in [5.41, 5.74) is 2.13. The Morgan fingerprint density at radius 1 is 0.864 bits per heavy atom. The lowest BCUT2D eigenvalue weighted by Crippen LogP contribution is -2.27. The zero-order valence-electron chi connectivity index (χ0n) is 12.3. The fraction of sp³-hybridized carbons (Fsp3) is 0.235. The molecule has 1 atom stereocenters. The molecular weight excluding hydrogens is 296 g/mol. The fourth-order valence-electron chi connectivity index (χ4n) is 1.90. The molecule has 4 nitrogen and oxygen atoms in total. The van der Waals surface area contributed by atoms with Crippen molar-refractivity contribution in [1.82, 2.24) is 10.0 Å². The van der Waals surface area contributed by atoms with E-state index in [1.807, 2.05) is 60.7 Å². The standard InChI is InChI=1S/C17H20N2O2S/c20-17(18-13-15-7-3-1-4-8-15)11-12-22(21)19-14-16-9-5-2-6-10-16/h1-10,19H,11-14H2,(H,18,20)/t22-/m1/s1. The Morgan fingerprint density at radius 2 is 1.41 bits per heavy atom. The van der Waals surface area contributed by atoms with Gasteiger partial charge in [0.2, 0.25) is 5.91 Å². The maximum atomic E-state index is 11.8. The molecule has 0 aliphatic rings. The number of rotatable bonds is 8. The highest BCUT2D eigenvalue weighted by Gasteiger charge is 2.05. The van der Waals surface area contributed by atoms with E-state index in [0.29, 0.717) is 18.8 Å². The van der Waals surface area contributed by atoms with E-state index in [9.17, 15) is 9.00 Å². The Morgan fingerprint density at radius 3 is 2.00 bits per heavy atom. The second-order valence-electron chi connectivity index (χ2n) is 4.87. The van der Waals surface area contributed by atoms with Crippen molar-refractivity contribution in [1.29, 1.82) is 0 Å². The monoisotopic (exact) mass is 316 g/mol. The number of benzene rings is 2. The lowest BCUT2D eigenvalue weighted by Gasteiger charge is -2.06. The van der Waals surface area contributed by atoms with E-state index in [1.165, 1.54) is 0 Å². The molecule has 1 amide bonds. The number of nitrogens with one attached hydrogen (secondary N) is 2. The minimum Gasteiger partial charge on any atom is -0.352 e. The van der Waals surface area contributed by atoms with Crippen LogP contribution in [0.3, 0.4) is 0 Å². The fourth-order valence-corrected chi connectivity index (χ4v) is 2.74. The predicted octanol–water partition coefficient (Wildman–Crippen LogP) is 2.15. The van der Waals surface area contributed by atoms with Crippen LogP contribution in [0.4, 0.5) is 0 Å². The van der Waals surface area contributed by atoms with Crippen LogP contribution in [0.1, 0.15) is 17.5 Å². The highest BCUT2D eigenvalue weighted by molar-refractivity contribution is 7.83. The Hall–Kier alpha value is -1.98.